The van der Waals surface area contributed by atoms with Crippen molar-refractivity contribution in [2.45, 2.75) is 20.4 Å². The van der Waals surface area contributed by atoms with Crippen LogP contribution < -0.4 is 4.80 Å². The van der Waals surface area contributed by atoms with Crippen molar-refractivity contribution in [1.82, 2.24) is 4.57 Å². The molecule has 2 aromatic carbocycles. The van der Waals surface area contributed by atoms with Crippen molar-refractivity contribution < 1.29 is 4.79 Å². The molecule has 0 unspecified atom stereocenters. The second kappa shape index (κ2) is 7.33. The maximum absolute atomic E-state index is 12.4. The number of thiazole rings is 1. The molecule has 0 aliphatic heterocycles. The van der Waals surface area contributed by atoms with Gasteiger partial charge in [-0.3, -0.25) is 4.79 Å². The van der Waals surface area contributed by atoms with Crippen LogP contribution in [0.5, 0.6) is 0 Å². The molecule has 124 valence electrons. The van der Waals surface area contributed by atoms with Crippen LogP contribution in [0.4, 0.5) is 0 Å². The van der Waals surface area contributed by atoms with Gasteiger partial charge in [-0.15, -0.1) is 17.8 Å². The third kappa shape index (κ3) is 3.62. The van der Waals surface area contributed by atoms with Gasteiger partial charge in [0, 0.05) is 16.5 Å². The van der Waals surface area contributed by atoms with Gasteiger partial charge < -0.3 is 4.57 Å². The summed E-state index contributed by atoms with van der Waals surface area (Å²) in [5, 5.41) is 2.01. The van der Waals surface area contributed by atoms with Crippen LogP contribution >= 0.6 is 11.3 Å². The minimum atomic E-state index is -0.264. The molecule has 3 rings (SSSR count). The maximum atomic E-state index is 12.4. The zero-order valence-electron chi connectivity index (χ0n) is 14.2. The van der Waals surface area contributed by atoms with E-state index >= 15 is 0 Å². The Bertz CT molecular complexity index is 1020. The van der Waals surface area contributed by atoms with Crippen LogP contribution in [0.15, 0.2) is 58.9 Å². The number of benzene rings is 2. The Balaban J connectivity index is 2.11. The number of nitrogens with zero attached hydrogens (tertiary/aromatic N) is 2. The highest BCUT2D eigenvalue weighted by atomic mass is 32.1. The van der Waals surface area contributed by atoms with Crippen LogP contribution in [0.2, 0.25) is 0 Å². The summed E-state index contributed by atoms with van der Waals surface area (Å²) in [6, 6.07) is 15.3. The number of aromatic nitrogens is 1. The number of carbonyl (C=O) groups excluding carboxylic acids is 1. The summed E-state index contributed by atoms with van der Waals surface area (Å²) in [7, 11) is 0. The predicted octanol–water partition coefficient (Wildman–Crippen LogP) is 4.21. The molecule has 25 heavy (non-hydrogen) atoms. The first kappa shape index (κ1) is 16.9. The van der Waals surface area contributed by atoms with Gasteiger partial charge in [-0.1, -0.05) is 47.9 Å². The summed E-state index contributed by atoms with van der Waals surface area (Å²) >= 11 is 1.43. The highest BCUT2D eigenvalue weighted by Gasteiger charge is 2.11. The van der Waals surface area contributed by atoms with Crippen molar-refractivity contribution in [3.8, 4) is 23.6 Å². The van der Waals surface area contributed by atoms with Crippen LogP contribution in [-0.2, 0) is 6.54 Å². The van der Waals surface area contributed by atoms with E-state index in [1.54, 1.807) is 12.1 Å². The van der Waals surface area contributed by atoms with Gasteiger partial charge in [-0.05, 0) is 31.5 Å². The van der Waals surface area contributed by atoms with E-state index in [1.807, 2.05) is 28.1 Å². The lowest BCUT2D eigenvalue weighted by atomic mass is 10.0. The minimum absolute atomic E-state index is 0.264. The van der Waals surface area contributed by atoms with E-state index in [4.69, 9.17) is 6.42 Å². The lowest BCUT2D eigenvalue weighted by molar-refractivity contribution is 0.0998. The first-order valence-corrected chi connectivity index (χ1v) is 8.81. The number of carbonyl (C=O) groups is 1. The van der Waals surface area contributed by atoms with E-state index in [-0.39, 0.29) is 5.91 Å². The molecular formula is C21H18N2OS. The quantitative estimate of drug-likeness (QED) is 0.654. The van der Waals surface area contributed by atoms with E-state index in [0.29, 0.717) is 16.9 Å². The number of hydrogen-bond acceptors (Lipinski definition) is 2. The van der Waals surface area contributed by atoms with Gasteiger partial charge in [0.2, 0.25) is 0 Å². The van der Waals surface area contributed by atoms with Gasteiger partial charge in [-0.2, -0.15) is 4.99 Å². The molecule has 1 amide bonds. The van der Waals surface area contributed by atoms with Crippen molar-refractivity contribution in [2.75, 3.05) is 0 Å². The first-order chi connectivity index (χ1) is 12.1. The van der Waals surface area contributed by atoms with E-state index in [1.165, 1.54) is 22.5 Å². The topological polar surface area (TPSA) is 34.4 Å². The summed E-state index contributed by atoms with van der Waals surface area (Å²) in [4.78, 5) is 17.3. The molecule has 4 heteroatoms. The average Bonchev–Trinajstić information content (AvgIpc) is 2.98. The van der Waals surface area contributed by atoms with Crippen molar-refractivity contribution in [3.63, 3.8) is 0 Å². The zero-order chi connectivity index (χ0) is 17.8. The van der Waals surface area contributed by atoms with E-state index in [2.05, 4.69) is 43.0 Å². The van der Waals surface area contributed by atoms with Gasteiger partial charge in [0.25, 0.3) is 5.91 Å². The SMILES string of the molecule is C#CCn1c(-c2ccc(C)cc2C)csc1=NC(=O)c1ccccc1. The molecule has 0 N–H and O–H groups in total. The molecule has 0 saturated carbocycles. The van der Waals surface area contributed by atoms with Crippen molar-refractivity contribution >= 4 is 17.2 Å². The van der Waals surface area contributed by atoms with Crippen LogP contribution in [0, 0.1) is 26.2 Å². The Morgan fingerprint density at radius 2 is 1.96 bits per heavy atom. The molecule has 0 spiro atoms. The van der Waals surface area contributed by atoms with Gasteiger partial charge >= 0.3 is 0 Å². The summed E-state index contributed by atoms with van der Waals surface area (Å²) in [5.74, 6) is 2.40. The molecule has 3 nitrogen and oxygen atoms in total. The fourth-order valence-electron chi connectivity index (χ4n) is 2.71. The number of hydrogen-bond donors (Lipinski definition) is 0. The molecule has 0 saturated heterocycles. The van der Waals surface area contributed by atoms with Crippen molar-refractivity contribution in [2.24, 2.45) is 4.99 Å². The van der Waals surface area contributed by atoms with Gasteiger partial charge in [-0.25, -0.2) is 0 Å². The molecule has 0 aliphatic carbocycles. The fraction of sp³-hybridized carbons (Fsp3) is 0.143. The summed E-state index contributed by atoms with van der Waals surface area (Å²) in [6.07, 6.45) is 5.55. The molecule has 1 heterocycles. The van der Waals surface area contributed by atoms with Crippen LogP contribution in [0.25, 0.3) is 11.3 Å². The van der Waals surface area contributed by atoms with Gasteiger partial charge in [0.15, 0.2) is 4.80 Å². The van der Waals surface area contributed by atoms with E-state index in [9.17, 15) is 4.79 Å². The highest BCUT2D eigenvalue weighted by Crippen LogP contribution is 2.24. The average molecular weight is 346 g/mol. The van der Waals surface area contributed by atoms with Crippen molar-refractivity contribution in [3.05, 3.63) is 75.4 Å². The minimum Gasteiger partial charge on any atom is -0.305 e. The number of aryl methyl sites for hydroxylation is 2. The molecule has 0 bridgehead atoms. The molecule has 0 radical (unpaired) electrons. The Labute approximate surface area is 151 Å². The Kier molecular flexibility index (Phi) is 4.97. The third-order valence-electron chi connectivity index (χ3n) is 3.92. The summed E-state index contributed by atoms with van der Waals surface area (Å²) in [6.45, 7) is 4.51. The summed E-state index contributed by atoms with van der Waals surface area (Å²) < 4.78 is 1.92. The lowest BCUT2D eigenvalue weighted by Crippen LogP contribution is -2.17. The molecular weight excluding hydrogens is 328 g/mol. The Hall–Kier alpha value is -2.90. The number of amides is 1. The zero-order valence-corrected chi connectivity index (χ0v) is 15.0. The van der Waals surface area contributed by atoms with Crippen LogP contribution in [0.1, 0.15) is 21.5 Å². The number of terminal acetylenes is 1. The highest BCUT2D eigenvalue weighted by molar-refractivity contribution is 7.07. The monoisotopic (exact) mass is 346 g/mol. The largest absolute Gasteiger partial charge is 0.305 e. The van der Waals surface area contributed by atoms with Gasteiger partial charge in [0.1, 0.15) is 0 Å². The standard InChI is InChI=1S/C21H18N2OS/c1-4-12-23-19(18-11-10-15(2)13-16(18)3)14-25-21(23)22-20(24)17-8-6-5-7-9-17/h1,5-11,13-14H,12H2,2-3H3. The number of rotatable bonds is 3. The molecule has 0 atom stereocenters. The maximum Gasteiger partial charge on any atom is 0.279 e. The lowest BCUT2D eigenvalue weighted by Gasteiger charge is -2.09. The molecule has 0 aliphatic rings. The first-order valence-electron chi connectivity index (χ1n) is 7.93. The van der Waals surface area contributed by atoms with Gasteiger partial charge in [0.05, 0.1) is 12.2 Å². The van der Waals surface area contributed by atoms with Crippen LogP contribution in [-0.4, -0.2) is 10.5 Å². The van der Waals surface area contributed by atoms with Crippen LogP contribution in [0.3, 0.4) is 0 Å². The Morgan fingerprint density at radius 3 is 2.64 bits per heavy atom. The molecule has 0 fully saturated rings. The fourth-order valence-corrected chi connectivity index (χ4v) is 3.61. The summed E-state index contributed by atoms with van der Waals surface area (Å²) in [5.41, 5.74) is 5.04. The predicted molar refractivity (Wildman–Crippen MR) is 102 cm³/mol. The van der Waals surface area contributed by atoms with E-state index < -0.39 is 0 Å². The second-order valence-corrected chi connectivity index (χ2v) is 6.63. The smallest absolute Gasteiger partial charge is 0.279 e. The molecule has 1 aromatic heterocycles. The van der Waals surface area contributed by atoms with Crippen molar-refractivity contribution in [1.29, 1.82) is 0 Å². The third-order valence-corrected chi connectivity index (χ3v) is 4.79. The Morgan fingerprint density at radius 1 is 1.20 bits per heavy atom. The van der Waals surface area contributed by atoms with E-state index in [0.717, 1.165) is 11.3 Å². The second-order valence-electron chi connectivity index (χ2n) is 5.80. The normalized spacial score (nSPS) is 11.3. The molecule has 3 aromatic rings.